The van der Waals surface area contributed by atoms with E-state index in [1.54, 1.807) is 7.11 Å². The minimum Gasteiger partial charge on any atom is -0.497 e. The van der Waals surface area contributed by atoms with Crippen LogP contribution >= 0.6 is 0 Å². The van der Waals surface area contributed by atoms with Crippen LogP contribution in [-0.2, 0) is 0 Å². The molecule has 0 saturated carbocycles. The Morgan fingerprint density at radius 3 is 2.79 bits per heavy atom. The SMILES string of the molecule is COc1cccc(OC/C=C(\C)N)c1. The Bertz CT molecular complexity index is 317. The zero-order valence-corrected chi connectivity index (χ0v) is 8.49. The molecule has 1 aromatic rings. The minimum absolute atomic E-state index is 0.482. The van der Waals surface area contributed by atoms with Crippen LogP contribution in [0.25, 0.3) is 0 Å². The minimum atomic E-state index is 0.482. The Balaban J connectivity index is 2.54. The summed E-state index contributed by atoms with van der Waals surface area (Å²) in [6.07, 6.45) is 1.82. The number of allylic oxidation sites excluding steroid dienone is 1. The van der Waals surface area contributed by atoms with Crippen LogP contribution in [0.15, 0.2) is 36.0 Å². The van der Waals surface area contributed by atoms with E-state index >= 15 is 0 Å². The van der Waals surface area contributed by atoms with Crippen LogP contribution in [0.3, 0.4) is 0 Å². The van der Waals surface area contributed by atoms with E-state index in [4.69, 9.17) is 15.2 Å². The fourth-order valence-corrected chi connectivity index (χ4v) is 0.960. The van der Waals surface area contributed by atoms with E-state index in [-0.39, 0.29) is 0 Å². The van der Waals surface area contributed by atoms with E-state index in [0.29, 0.717) is 6.61 Å². The van der Waals surface area contributed by atoms with Gasteiger partial charge in [0.15, 0.2) is 0 Å². The summed E-state index contributed by atoms with van der Waals surface area (Å²) in [5, 5.41) is 0. The van der Waals surface area contributed by atoms with Crippen LogP contribution in [0.4, 0.5) is 0 Å². The third-order valence-corrected chi connectivity index (χ3v) is 1.70. The van der Waals surface area contributed by atoms with E-state index in [0.717, 1.165) is 17.2 Å². The second kappa shape index (κ2) is 5.17. The molecule has 14 heavy (non-hydrogen) atoms. The molecule has 0 atom stereocenters. The van der Waals surface area contributed by atoms with Gasteiger partial charge in [-0.2, -0.15) is 0 Å². The van der Waals surface area contributed by atoms with Gasteiger partial charge in [0, 0.05) is 11.8 Å². The highest BCUT2D eigenvalue weighted by atomic mass is 16.5. The van der Waals surface area contributed by atoms with Gasteiger partial charge in [0.25, 0.3) is 0 Å². The molecule has 76 valence electrons. The van der Waals surface area contributed by atoms with Crippen molar-refractivity contribution in [2.75, 3.05) is 13.7 Å². The van der Waals surface area contributed by atoms with Crippen molar-refractivity contribution in [1.82, 2.24) is 0 Å². The summed E-state index contributed by atoms with van der Waals surface area (Å²) >= 11 is 0. The molecule has 1 aromatic carbocycles. The molecule has 0 fully saturated rings. The summed E-state index contributed by atoms with van der Waals surface area (Å²) in [7, 11) is 1.63. The van der Waals surface area contributed by atoms with Crippen LogP contribution < -0.4 is 15.2 Å². The second-order valence-electron chi connectivity index (χ2n) is 2.94. The van der Waals surface area contributed by atoms with E-state index in [1.807, 2.05) is 37.3 Å². The maximum absolute atomic E-state index is 5.47. The third kappa shape index (κ3) is 3.39. The van der Waals surface area contributed by atoms with Crippen LogP contribution in [0.1, 0.15) is 6.92 Å². The Morgan fingerprint density at radius 1 is 1.43 bits per heavy atom. The third-order valence-electron chi connectivity index (χ3n) is 1.70. The van der Waals surface area contributed by atoms with Gasteiger partial charge in [-0.1, -0.05) is 6.07 Å². The van der Waals surface area contributed by atoms with Gasteiger partial charge in [0.1, 0.15) is 18.1 Å². The molecule has 0 aliphatic heterocycles. The molecule has 0 bridgehead atoms. The van der Waals surface area contributed by atoms with E-state index in [2.05, 4.69) is 0 Å². The number of ether oxygens (including phenoxy) is 2. The summed E-state index contributed by atoms with van der Waals surface area (Å²) in [4.78, 5) is 0. The Hall–Kier alpha value is -1.64. The Morgan fingerprint density at radius 2 is 2.14 bits per heavy atom. The standard InChI is InChI=1S/C11H15NO2/c1-9(12)6-7-14-11-5-3-4-10(8-11)13-2/h3-6,8H,7,12H2,1-2H3/b9-6+. The normalized spacial score (nSPS) is 11.1. The van der Waals surface area contributed by atoms with Crippen molar-refractivity contribution in [2.45, 2.75) is 6.92 Å². The summed E-state index contributed by atoms with van der Waals surface area (Å²) in [5.74, 6) is 1.57. The van der Waals surface area contributed by atoms with Crippen molar-refractivity contribution in [1.29, 1.82) is 0 Å². The summed E-state index contributed by atoms with van der Waals surface area (Å²) in [5.41, 5.74) is 6.23. The van der Waals surface area contributed by atoms with Gasteiger partial charge in [0.2, 0.25) is 0 Å². The van der Waals surface area contributed by atoms with Crippen molar-refractivity contribution in [3.05, 3.63) is 36.0 Å². The van der Waals surface area contributed by atoms with Gasteiger partial charge in [-0.25, -0.2) is 0 Å². The first-order chi connectivity index (χ1) is 6.72. The molecule has 0 saturated heterocycles. The van der Waals surface area contributed by atoms with Gasteiger partial charge >= 0.3 is 0 Å². The van der Waals surface area contributed by atoms with Crippen molar-refractivity contribution in [3.8, 4) is 11.5 Å². The van der Waals surface area contributed by atoms with Crippen molar-refractivity contribution in [2.24, 2.45) is 5.73 Å². The van der Waals surface area contributed by atoms with Gasteiger partial charge in [-0.15, -0.1) is 0 Å². The molecule has 3 heteroatoms. The van der Waals surface area contributed by atoms with Crippen LogP contribution in [-0.4, -0.2) is 13.7 Å². The van der Waals surface area contributed by atoms with E-state index in [1.165, 1.54) is 0 Å². The molecule has 3 nitrogen and oxygen atoms in total. The van der Waals surface area contributed by atoms with E-state index in [9.17, 15) is 0 Å². The fraction of sp³-hybridized carbons (Fsp3) is 0.273. The number of methoxy groups -OCH3 is 1. The summed E-state index contributed by atoms with van der Waals surface area (Å²) in [6.45, 7) is 2.31. The monoisotopic (exact) mass is 193 g/mol. The van der Waals surface area contributed by atoms with E-state index < -0.39 is 0 Å². The number of hydrogen-bond acceptors (Lipinski definition) is 3. The number of rotatable bonds is 4. The maximum atomic E-state index is 5.47. The van der Waals surface area contributed by atoms with Gasteiger partial charge in [-0.3, -0.25) is 0 Å². The fourth-order valence-electron chi connectivity index (χ4n) is 0.960. The molecule has 0 amide bonds. The quantitative estimate of drug-likeness (QED) is 0.794. The Kier molecular flexibility index (Phi) is 3.85. The van der Waals surface area contributed by atoms with Crippen LogP contribution in [0.2, 0.25) is 0 Å². The smallest absolute Gasteiger partial charge is 0.123 e. The summed E-state index contributed by atoms with van der Waals surface area (Å²) in [6, 6.07) is 7.46. The first-order valence-electron chi connectivity index (χ1n) is 4.41. The van der Waals surface area contributed by atoms with Crippen molar-refractivity contribution < 1.29 is 9.47 Å². The molecule has 0 aliphatic rings. The highest BCUT2D eigenvalue weighted by Crippen LogP contribution is 2.18. The highest BCUT2D eigenvalue weighted by molar-refractivity contribution is 5.32. The zero-order chi connectivity index (χ0) is 10.4. The lowest BCUT2D eigenvalue weighted by atomic mass is 10.3. The number of hydrogen-bond donors (Lipinski definition) is 1. The van der Waals surface area contributed by atoms with Gasteiger partial charge in [0.05, 0.1) is 7.11 Å². The molecule has 0 heterocycles. The maximum Gasteiger partial charge on any atom is 0.123 e. The van der Waals surface area contributed by atoms with Crippen LogP contribution in [0, 0.1) is 0 Å². The van der Waals surface area contributed by atoms with Crippen LogP contribution in [0.5, 0.6) is 11.5 Å². The van der Waals surface area contributed by atoms with Crippen molar-refractivity contribution >= 4 is 0 Å². The summed E-state index contributed by atoms with van der Waals surface area (Å²) < 4.78 is 10.5. The molecule has 0 radical (unpaired) electrons. The predicted octanol–water partition coefficient (Wildman–Crippen LogP) is 1.94. The second-order valence-corrected chi connectivity index (χ2v) is 2.94. The highest BCUT2D eigenvalue weighted by Gasteiger charge is 1.94. The first-order valence-corrected chi connectivity index (χ1v) is 4.41. The predicted molar refractivity (Wildman–Crippen MR) is 56.4 cm³/mol. The largest absolute Gasteiger partial charge is 0.497 e. The lowest BCUT2D eigenvalue weighted by Crippen LogP contribution is -1.98. The molecule has 0 spiro atoms. The molecular formula is C11H15NO2. The zero-order valence-electron chi connectivity index (χ0n) is 8.49. The average molecular weight is 193 g/mol. The topological polar surface area (TPSA) is 44.5 Å². The molecule has 0 aliphatic carbocycles. The van der Waals surface area contributed by atoms with Crippen molar-refractivity contribution in [3.63, 3.8) is 0 Å². The van der Waals surface area contributed by atoms with Gasteiger partial charge < -0.3 is 15.2 Å². The van der Waals surface area contributed by atoms with Gasteiger partial charge in [-0.05, 0) is 25.1 Å². The molecule has 2 N–H and O–H groups in total. The number of benzene rings is 1. The molecular weight excluding hydrogens is 178 g/mol. The lowest BCUT2D eigenvalue weighted by molar-refractivity contribution is 0.356. The first kappa shape index (κ1) is 10.4. The average Bonchev–Trinajstić information content (AvgIpc) is 2.18. The molecule has 1 rings (SSSR count). The number of nitrogens with two attached hydrogens (primary N) is 1. The molecule has 0 unspecified atom stereocenters. The lowest BCUT2D eigenvalue weighted by Gasteiger charge is -2.05. The molecule has 0 aromatic heterocycles. The Labute approximate surface area is 84.1 Å².